The van der Waals surface area contributed by atoms with Gasteiger partial charge in [0.05, 0.1) is 6.54 Å². The average Bonchev–Trinajstić information content (AvgIpc) is 2.32. The van der Waals surface area contributed by atoms with Crippen LogP contribution in [0.25, 0.3) is 0 Å². The maximum atomic E-state index is 11.2. The molecule has 0 aliphatic rings. The minimum atomic E-state index is -1.26. The van der Waals surface area contributed by atoms with Crippen molar-refractivity contribution >= 4 is 17.8 Å². The molecule has 132 valence electrons. The maximum Gasteiger partial charge on any atom is 0.328 e. The standard InChI is InChI=1S/C8H17N3O4.C4H4O4/c1-8(2,15-11(13)14)6-9-7(12)5-10(3)4;5-3(6)1-2-4(7)8/h5-6H2,1-4H3,(H,9,12);1-2H,(H,5,6)(H,7,8). The molecule has 0 unspecified atom stereocenters. The van der Waals surface area contributed by atoms with Crippen LogP contribution in [0.1, 0.15) is 13.8 Å². The molecule has 0 radical (unpaired) electrons. The molecule has 0 aliphatic carbocycles. The van der Waals surface area contributed by atoms with Crippen LogP contribution in [0.15, 0.2) is 12.2 Å². The molecule has 0 aromatic rings. The van der Waals surface area contributed by atoms with Crippen LogP contribution < -0.4 is 5.32 Å². The zero-order valence-electron chi connectivity index (χ0n) is 13.3. The zero-order chi connectivity index (χ0) is 18.6. The molecule has 0 saturated carbocycles. The second kappa shape index (κ2) is 11.0. The summed E-state index contributed by atoms with van der Waals surface area (Å²) in [6.45, 7) is 3.41. The first-order valence-corrected chi connectivity index (χ1v) is 6.24. The predicted molar refractivity (Wildman–Crippen MR) is 78.1 cm³/mol. The fourth-order valence-corrected chi connectivity index (χ4v) is 1.03. The largest absolute Gasteiger partial charge is 0.478 e. The van der Waals surface area contributed by atoms with Crippen LogP contribution in [-0.2, 0) is 19.2 Å². The molecular formula is C12H21N3O8. The number of carboxylic acids is 2. The summed E-state index contributed by atoms with van der Waals surface area (Å²) >= 11 is 0. The summed E-state index contributed by atoms with van der Waals surface area (Å²) in [5, 5.41) is 27.4. The van der Waals surface area contributed by atoms with Crippen molar-refractivity contribution in [2.24, 2.45) is 0 Å². The Kier molecular flexibility index (Phi) is 10.8. The Balaban J connectivity index is 0. The number of aliphatic carboxylic acids is 2. The van der Waals surface area contributed by atoms with Gasteiger partial charge in [-0.2, -0.15) is 0 Å². The van der Waals surface area contributed by atoms with Gasteiger partial charge >= 0.3 is 11.9 Å². The van der Waals surface area contributed by atoms with Gasteiger partial charge in [-0.15, -0.1) is 10.1 Å². The smallest absolute Gasteiger partial charge is 0.328 e. The molecule has 3 N–H and O–H groups in total. The first-order valence-electron chi connectivity index (χ1n) is 6.24. The van der Waals surface area contributed by atoms with Gasteiger partial charge in [0.2, 0.25) is 5.91 Å². The number of rotatable bonds is 8. The molecule has 0 aromatic heterocycles. The third kappa shape index (κ3) is 19.3. The second-order valence-corrected chi connectivity index (χ2v) is 5.10. The number of carbonyl (C=O) groups excluding carboxylic acids is 1. The summed E-state index contributed by atoms with van der Waals surface area (Å²) in [6, 6.07) is 0. The van der Waals surface area contributed by atoms with Crippen molar-refractivity contribution in [3.8, 4) is 0 Å². The van der Waals surface area contributed by atoms with E-state index in [1.54, 1.807) is 19.0 Å². The Hall–Kier alpha value is -2.69. The van der Waals surface area contributed by atoms with Crippen LogP contribution in [-0.4, -0.2) is 70.8 Å². The highest BCUT2D eigenvalue weighted by Crippen LogP contribution is 2.06. The molecule has 0 aliphatic heterocycles. The summed E-state index contributed by atoms with van der Waals surface area (Å²) in [4.78, 5) is 46.5. The van der Waals surface area contributed by atoms with Crippen molar-refractivity contribution in [3.05, 3.63) is 22.3 Å². The molecule has 11 nitrogen and oxygen atoms in total. The van der Waals surface area contributed by atoms with Crippen molar-refractivity contribution in [2.75, 3.05) is 27.2 Å². The Labute approximate surface area is 132 Å². The Morgan fingerprint density at radius 3 is 1.96 bits per heavy atom. The molecule has 0 rings (SSSR count). The number of hydrogen-bond donors (Lipinski definition) is 3. The molecular weight excluding hydrogens is 314 g/mol. The number of carboxylic acid groups (broad SMARTS) is 2. The van der Waals surface area contributed by atoms with E-state index in [-0.39, 0.29) is 19.0 Å². The first kappa shape index (κ1) is 22.6. The molecule has 0 spiro atoms. The molecule has 0 fully saturated rings. The van der Waals surface area contributed by atoms with Crippen LogP contribution in [0.5, 0.6) is 0 Å². The lowest BCUT2D eigenvalue weighted by atomic mass is 10.1. The molecule has 0 atom stereocenters. The van der Waals surface area contributed by atoms with E-state index in [0.717, 1.165) is 0 Å². The number of nitrogens with one attached hydrogen (secondary N) is 1. The molecule has 0 bridgehead atoms. The quantitative estimate of drug-likeness (QED) is 0.298. The lowest BCUT2D eigenvalue weighted by Gasteiger charge is -2.22. The van der Waals surface area contributed by atoms with Crippen molar-refractivity contribution in [3.63, 3.8) is 0 Å². The van der Waals surface area contributed by atoms with E-state index in [1.807, 2.05) is 0 Å². The molecule has 11 heteroatoms. The maximum absolute atomic E-state index is 11.2. The van der Waals surface area contributed by atoms with E-state index in [9.17, 15) is 24.5 Å². The fourth-order valence-electron chi connectivity index (χ4n) is 1.03. The number of hydrogen-bond acceptors (Lipinski definition) is 7. The second-order valence-electron chi connectivity index (χ2n) is 5.10. The number of likely N-dealkylation sites (N-methyl/N-ethyl adjacent to an activating group) is 1. The van der Waals surface area contributed by atoms with Gasteiger partial charge in [0.1, 0.15) is 5.60 Å². The van der Waals surface area contributed by atoms with Crippen molar-refractivity contribution in [1.82, 2.24) is 10.2 Å². The van der Waals surface area contributed by atoms with Crippen molar-refractivity contribution in [1.29, 1.82) is 0 Å². The summed E-state index contributed by atoms with van der Waals surface area (Å²) in [5.41, 5.74) is -1.01. The van der Waals surface area contributed by atoms with E-state index in [0.29, 0.717) is 12.2 Å². The Morgan fingerprint density at radius 2 is 1.65 bits per heavy atom. The first-order chi connectivity index (χ1) is 10.4. The van der Waals surface area contributed by atoms with E-state index in [1.165, 1.54) is 13.8 Å². The van der Waals surface area contributed by atoms with Crippen LogP contribution in [0.4, 0.5) is 0 Å². The molecule has 1 amide bonds. The summed E-state index contributed by atoms with van der Waals surface area (Å²) in [5.74, 6) is -2.71. The molecule has 23 heavy (non-hydrogen) atoms. The molecule has 0 heterocycles. The summed E-state index contributed by atoms with van der Waals surface area (Å²) in [7, 11) is 3.52. The van der Waals surface area contributed by atoms with Gasteiger partial charge in [0.15, 0.2) is 0 Å². The van der Waals surface area contributed by atoms with Crippen LogP contribution in [0, 0.1) is 10.1 Å². The van der Waals surface area contributed by atoms with Crippen molar-refractivity contribution < 1.29 is 34.5 Å². The fraction of sp³-hybridized carbons (Fsp3) is 0.583. The van der Waals surface area contributed by atoms with E-state index < -0.39 is 22.6 Å². The van der Waals surface area contributed by atoms with Gasteiger partial charge in [-0.1, -0.05) is 0 Å². The van der Waals surface area contributed by atoms with Gasteiger partial charge in [0, 0.05) is 18.7 Å². The van der Waals surface area contributed by atoms with Gasteiger partial charge in [0.25, 0.3) is 5.09 Å². The zero-order valence-corrected chi connectivity index (χ0v) is 13.3. The minimum Gasteiger partial charge on any atom is -0.478 e. The topological polar surface area (TPSA) is 159 Å². The number of amides is 1. The van der Waals surface area contributed by atoms with Crippen molar-refractivity contribution in [2.45, 2.75) is 19.4 Å². The Morgan fingerprint density at radius 1 is 1.22 bits per heavy atom. The average molecular weight is 335 g/mol. The van der Waals surface area contributed by atoms with Gasteiger partial charge in [-0.3, -0.25) is 4.79 Å². The lowest BCUT2D eigenvalue weighted by molar-refractivity contribution is -0.778. The minimum absolute atomic E-state index is 0.0979. The summed E-state index contributed by atoms with van der Waals surface area (Å²) in [6.07, 6.45) is 1.12. The highest BCUT2D eigenvalue weighted by atomic mass is 17.0. The monoisotopic (exact) mass is 335 g/mol. The lowest BCUT2D eigenvalue weighted by Crippen LogP contribution is -2.44. The Bertz CT molecular complexity index is 443. The van der Waals surface area contributed by atoms with Crippen LogP contribution in [0.2, 0.25) is 0 Å². The van der Waals surface area contributed by atoms with E-state index >= 15 is 0 Å². The van der Waals surface area contributed by atoms with E-state index in [4.69, 9.17) is 10.2 Å². The SMILES string of the molecule is CN(C)CC(=O)NCC(C)(C)O[N+](=O)[O-].O=C(O)C=CC(=O)O. The van der Waals surface area contributed by atoms with Gasteiger partial charge in [-0.05, 0) is 27.9 Å². The summed E-state index contributed by atoms with van der Waals surface area (Å²) < 4.78 is 0. The van der Waals surface area contributed by atoms with Gasteiger partial charge in [-0.25, -0.2) is 9.59 Å². The van der Waals surface area contributed by atoms with Crippen LogP contribution in [0.3, 0.4) is 0 Å². The molecule has 0 aromatic carbocycles. The third-order valence-electron chi connectivity index (χ3n) is 1.86. The van der Waals surface area contributed by atoms with Gasteiger partial charge < -0.3 is 25.3 Å². The number of carbonyl (C=O) groups is 3. The van der Waals surface area contributed by atoms with Crippen LogP contribution >= 0.6 is 0 Å². The third-order valence-corrected chi connectivity index (χ3v) is 1.86. The molecule has 0 saturated heterocycles. The highest BCUT2D eigenvalue weighted by molar-refractivity contribution is 5.89. The normalized spacial score (nSPS) is 10.7. The van der Waals surface area contributed by atoms with E-state index in [2.05, 4.69) is 10.2 Å². The highest BCUT2D eigenvalue weighted by Gasteiger charge is 2.23. The predicted octanol–water partition coefficient (Wildman–Crippen LogP) is -0.637. The number of nitrogens with zero attached hydrogens (tertiary/aromatic N) is 2.